The molecule has 0 aliphatic rings. The number of nitrogens with zero attached hydrogens (tertiary/aromatic N) is 2. The maximum atomic E-state index is 12.5. The highest BCUT2D eigenvalue weighted by atomic mass is 19.4. The molecule has 84 valence electrons. The van der Waals surface area contributed by atoms with E-state index in [4.69, 9.17) is 11.0 Å². The number of halogens is 3. The van der Waals surface area contributed by atoms with Crippen molar-refractivity contribution < 1.29 is 18.1 Å². The van der Waals surface area contributed by atoms with E-state index in [1.54, 1.807) is 0 Å². The third-order valence-corrected chi connectivity index (χ3v) is 1.81. The van der Waals surface area contributed by atoms with E-state index in [0.29, 0.717) is 6.07 Å². The van der Waals surface area contributed by atoms with E-state index in [2.05, 4.69) is 0 Å². The Morgan fingerprint density at radius 1 is 1.44 bits per heavy atom. The van der Waals surface area contributed by atoms with Gasteiger partial charge in [0.15, 0.2) is 5.56 Å². The number of nitrogens with two attached hydrogens (primary N) is 1. The lowest BCUT2D eigenvalue weighted by molar-refractivity contribution is -0.388. The van der Waals surface area contributed by atoms with Crippen LogP contribution in [0.2, 0.25) is 0 Å². The van der Waals surface area contributed by atoms with Crippen LogP contribution in [0.1, 0.15) is 11.1 Å². The van der Waals surface area contributed by atoms with Crippen LogP contribution in [0.4, 0.5) is 24.5 Å². The molecule has 5 nitrogen and oxygen atoms in total. The molecule has 0 heterocycles. The molecule has 0 unspecified atom stereocenters. The maximum Gasteiger partial charge on any atom is 0.424 e. The van der Waals surface area contributed by atoms with Crippen LogP contribution in [0.15, 0.2) is 12.1 Å². The molecule has 0 amide bonds. The van der Waals surface area contributed by atoms with Crippen LogP contribution < -0.4 is 5.73 Å². The Morgan fingerprint density at radius 2 is 2.00 bits per heavy atom. The minimum absolute atomic E-state index is 0.444. The highest BCUT2D eigenvalue weighted by molar-refractivity contribution is 5.65. The predicted molar refractivity (Wildman–Crippen MR) is 47.2 cm³/mol. The van der Waals surface area contributed by atoms with Crippen LogP contribution in [0.25, 0.3) is 0 Å². The molecule has 0 bridgehead atoms. The van der Waals surface area contributed by atoms with Crippen molar-refractivity contribution in [1.29, 1.82) is 5.26 Å². The molecule has 2 N–H and O–H groups in total. The third-order valence-electron chi connectivity index (χ3n) is 1.81. The van der Waals surface area contributed by atoms with Crippen molar-refractivity contribution in [2.24, 2.45) is 0 Å². The van der Waals surface area contributed by atoms with Crippen LogP contribution in [-0.2, 0) is 6.18 Å². The van der Waals surface area contributed by atoms with Gasteiger partial charge >= 0.3 is 6.18 Å². The normalized spacial score (nSPS) is 10.9. The molecule has 0 radical (unpaired) electrons. The Balaban J connectivity index is 3.70. The summed E-state index contributed by atoms with van der Waals surface area (Å²) in [6.07, 6.45) is -5.00. The lowest BCUT2D eigenvalue weighted by atomic mass is 10.0. The fourth-order valence-electron chi connectivity index (χ4n) is 1.17. The molecular formula is C8H4F3N3O2. The van der Waals surface area contributed by atoms with Gasteiger partial charge in [-0.25, -0.2) is 0 Å². The molecule has 0 saturated heterocycles. The van der Waals surface area contributed by atoms with E-state index in [0.717, 1.165) is 6.07 Å². The standard InChI is InChI=1S/C8H4F3N3O2/c9-8(10,11)7-4(3-12)5(13)1-2-6(7)14(15)16/h1-2H,13H2. The first-order chi connectivity index (χ1) is 7.29. The van der Waals surface area contributed by atoms with Gasteiger partial charge in [0.2, 0.25) is 0 Å². The van der Waals surface area contributed by atoms with Crippen LogP contribution >= 0.6 is 0 Å². The quantitative estimate of drug-likeness (QED) is 0.454. The van der Waals surface area contributed by atoms with Gasteiger partial charge in [-0.3, -0.25) is 10.1 Å². The van der Waals surface area contributed by atoms with Crippen molar-refractivity contribution in [3.8, 4) is 6.07 Å². The minimum Gasteiger partial charge on any atom is -0.398 e. The highest BCUT2D eigenvalue weighted by Crippen LogP contribution is 2.40. The van der Waals surface area contributed by atoms with E-state index in [1.165, 1.54) is 6.07 Å². The van der Waals surface area contributed by atoms with Crippen molar-refractivity contribution in [2.45, 2.75) is 6.18 Å². The summed E-state index contributed by atoms with van der Waals surface area (Å²) in [7, 11) is 0. The Kier molecular flexibility index (Phi) is 2.72. The average Bonchev–Trinajstić information content (AvgIpc) is 2.15. The van der Waals surface area contributed by atoms with Crippen LogP contribution in [-0.4, -0.2) is 4.92 Å². The van der Waals surface area contributed by atoms with Gasteiger partial charge in [0.25, 0.3) is 5.69 Å². The SMILES string of the molecule is N#Cc1c(N)ccc([N+](=O)[O-])c1C(F)(F)F. The Hall–Kier alpha value is -2.30. The highest BCUT2D eigenvalue weighted by Gasteiger charge is 2.41. The van der Waals surface area contributed by atoms with E-state index in [9.17, 15) is 23.3 Å². The lowest BCUT2D eigenvalue weighted by Crippen LogP contribution is -2.13. The summed E-state index contributed by atoms with van der Waals surface area (Å²) >= 11 is 0. The van der Waals surface area contributed by atoms with Crippen molar-refractivity contribution in [3.63, 3.8) is 0 Å². The first-order valence-electron chi connectivity index (χ1n) is 3.83. The molecule has 0 spiro atoms. The van der Waals surface area contributed by atoms with E-state index in [1.807, 2.05) is 0 Å². The summed E-state index contributed by atoms with van der Waals surface area (Å²) in [6.45, 7) is 0. The Labute approximate surface area is 87.0 Å². The molecule has 16 heavy (non-hydrogen) atoms. The summed E-state index contributed by atoms with van der Waals surface area (Å²) in [4.78, 5) is 9.20. The molecule has 0 aromatic heterocycles. The summed E-state index contributed by atoms with van der Waals surface area (Å²) in [6, 6.07) is 2.74. The first-order valence-corrected chi connectivity index (χ1v) is 3.83. The molecule has 8 heteroatoms. The molecule has 1 rings (SSSR count). The number of nitro benzene ring substituents is 1. The summed E-state index contributed by atoms with van der Waals surface area (Å²) in [5, 5.41) is 18.9. The number of hydrogen-bond acceptors (Lipinski definition) is 4. The van der Waals surface area contributed by atoms with Crippen molar-refractivity contribution in [1.82, 2.24) is 0 Å². The van der Waals surface area contributed by atoms with Gasteiger partial charge in [-0.2, -0.15) is 18.4 Å². The topological polar surface area (TPSA) is 93.0 Å². The number of nitro groups is 1. The molecule has 1 aromatic rings. The number of alkyl halides is 3. The molecule has 0 aliphatic heterocycles. The van der Waals surface area contributed by atoms with E-state index >= 15 is 0 Å². The summed E-state index contributed by atoms with van der Waals surface area (Å²) < 4.78 is 37.6. The number of nitriles is 1. The maximum absolute atomic E-state index is 12.5. The molecule has 0 saturated carbocycles. The molecule has 0 atom stereocenters. The van der Waals surface area contributed by atoms with Crippen molar-refractivity contribution >= 4 is 11.4 Å². The second-order valence-corrected chi connectivity index (χ2v) is 2.79. The smallest absolute Gasteiger partial charge is 0.398 e. The molecule has 0 fully saturated rings. The van der Waals surface area contributed by atoms with Gasteiger partial charge in [-0.05, 0) is 6.07 Å². The van der Waals surface area contributed by atoms with Crippen LogP contribution in [0.3, 0.4) is 0 Å². The van der Waals surface area contributed by atoms with Crippen molar-refractivity contribution in [2.75, 3.05) is 5.73 Å². The summed E-state index contributed by atoms with van der Waals surface area (Å²) in [5.41, 5.74) is 0.986. The zero-order valence-electron chi connectivity index (χ0n) is 7.58. The van der Waals surface area contributed by atoms with Gasteiger partial charge < -0.3 is 5.73 Å². The number of hydrogen-bond donors (Lipinski definition) is 1. The van der Waals surface area contributed by atoms with Gasteiger partial charge in [0, 0.05) is 6.07 Å². The number of benzene rings is 1. The molecule has 0 aliphatic carbocycles. The monoisotopic (exact) mass is 231 g/mol. The second kappa shape index (κ2) is 3.69. The van der Waals surface area contributed by atoms with E-state index < -0.39 is 33.6 Å². The zero-order valence-corrected chi connectivity index (χ0v) is 7.58. The van der Waals surface area contributed by atoms with Crippen LogP contribution in [0.5, 0.6) is 0 Å². The fourth-order valence-corrected chi connectivity index (χ4v) is 1.17. The van der Waals surface area contributed by atoms with Crippen molar-refractivity contribution in [3.05, 3.63) is 33.4 Å². The predicted octanol–water partition coefficient (Wildman–Crippen LogP) is 2.07. The number of rotatable bonds is 1. The van der Waals surface area contributed by atoms with Gasteiger partial charge in [0.05, 0.1) is 16.2 Å². The summed E-state index contributed by atoms with van der Waals surface area (Å²) in [5.74, 6) is 0. The third kappa shape index (κ3) is 1.88. The molecular weight excluding hydrogens is 227 g/mol. The Bertz CT molecular complexity index is 491. The van der Waals surface area contributed by atoms with Gasteiger partial charge in [-0.15, -0.1) is 0 Å². The fraction of sp³-hybridized carbons (Fsp3) is 0.125. The largest absolute Gasteiger partial charge is 0.424 e. The second-order valence-electron chi connectivity index (χ2n) is 2.79. The van der Waals surface area contributed by atoms with Crippen LogP contribution in [0, 0.1) is 21.4 Å². The Morgan fingerprint density at radius 3 is 2.38 bits per heavy atom. The average molecular weight is 231 g/mol. The first kappa shape index (κ1) is 11.8. The van der Waals surface area contributed by atoms with E-state index in [-0.39, 0.29) is 0 Å². The zero-order chi connectivity index (χ0) is 12.5. The number of anilines is 1. The van der Waals surface area contributed by atoms with Gasteiger partial charge in [0.1, 0.15) is 6.07 Å². The molecule has 1 aromatic carbocycles. The lowest BCUT2D eigenvalue weighted by Gasteiger charge is -2.10. The van der Waals surface area contributed by atoms with Gasteiger partial charge in [-0.1, -0.05) is 0 Å². The minimum atomic E-state index is -5.00. The number of nitrogen functional groups attached to an aromatic ring is 1.